The molecular weight excluding hydrogens is 402 g/mol. The summed E-state index contributed by atoms with van der Waals surface area (Å²) in [7, 11) is 3.78. The Labute approximate surface area is 180 Å². The summed E-state index contributed by atoms with van der Waals surface area (Å²) in [5.74, 6) is 2.37. The predicted molar refractivity (Wildman–Crippen MR) is 121 cm³/mol. The average Bonchev–Trinajstić information content (AvgIpc) is 2.78. The van der Waals surface area contributed by atoms with Gasteiger partial charge in [0.15, 0.2) is 5.82 Å². The minimum Gasteiger partial charge on any atom is -0.497 e. The Morgan fingerprint density at radius 2 is 1.70 bits per heavy atom. The van der Waals surface area contributed by atoms with E-state index in [1.807, 2.05) is 36.5 Å². The number of hydrogen-bond donors (Lipinski definition) is 2. The van der Waals surface area contributed by atoms with Gasteiger partial charge in [0, 0.05) is 31.9 Å². The van der Waals surface area contributed by atoms with E-state index in [-0.39, 0.29) is 0 Å². The number of methoxy groups -OCH3 is 1. The number of hydrogen-bond acceptors (Lipinski definition) is 8. The van der Waals surface area contributed by atoms with Gasteiger partial charge >= 0.3 is 0 Å². The van der Waals surface area contributed by atoms with Gasteiger partial charge in [-0.15, -0.1) is 0 Å². The number of rotatable bonds is 6. The third kappa shape index (κ3) is 4.90. The maximum absolute atomic E-state index is 6.26. The fraction of sp³-hybridized carbons (Fsp3) is 0.286. The van der Waals surface area contributed by atoms with Crippen LogP contribution in [0.2, 0.25) is 5.02 Å². The van der Waals surface area contributed by atoms with E-state index in [1.54, 1.807) is 13.3 Å². The van der Waals surface area contributed by atoms with Gasteiger partial charge in [0.05, 0.1) is 25.2 Å². The smallest absolute Gasteiger partial charge is 0.230 e. The van der Waals surface area contributed by atoms with Gasteiger partial charge in [0.25, 0.3) is 0 Å². The van der Waals surface area contributed by atoms with Crippen molar-refractivity contribution in [3.05, 3.63) is 53.8 Å². The van der Waals surface area contributed by atoms with E-state index in [4.69, 9.17) is 16.3 Å². The predicted octanol–water partition coefficient (Wildman–Crippen LogP) is 3.77. The van der Waals surface area contributed by atoms with Gasteiger partial charge in [-0.25, -0.2) is 9.97 Å². The molecule has 1 aliphatic rings. The molecule has 0 unspecified atom stereocenters. The van der Waals surface area contributed by atoms with E-state index in [0.29, 0.717) is 22.6 Å². The van der Waals surface area contributed by atoms with Crippen LogP contribution in [0.25, 0.3) is 0 Å². The second kappa shape index (κ2) is 9.15. The summed E-state index contributed by atoms with van der Waals surface area (Å²) in [5, 5.41) is 6.76. The Morgan fingerprint density at radius 1 is 0.933 bits per heavy atom. The lowest BCUT2D eigenvalue weighted by molar-refractivity contribution is 0.313. The Balaban J connectivity index is 1.43. The number of pyridine rings is 1. The van der Waals surface area contributed by atoms with Gasteiger partial charge in [-0.05, 0) is 43.4 Å². The molecule has 1 aliphatic heterocycles. The van der Waals surface area contributed by atoms with Crippen LogP contribution in [-0.2, 0) is 0 Å². The van der Waals surface area contributed by atoms with Crippen LogP contribution in [0.4, 0.5) is 29.0 Å². The molecule has 1 fully saturated rings. The number of nitrogens with zero attached hydrogens (tertiary/aromatic N) is 5. The standard InChI is InChI=1S/C21H24ClN7O/c1-28-9-11-29(12-10-28)16-5-8-19(23-13-16)26-21-24-14-18(22)20(27-21)25-15-3-6-17(30-2)7-4-15/h3-8,13-14H,9-12H2,1-2H3,(H2,23,24,25,26,27). The molecule has 0 amide bonds. The molecule has 3 heterocycles. The number of ether oxygens (including phenoxy) is 1. The molecule has 0 spiro atoms. The van der Waals surface area contributed by atoms with Crippen LogP contribution in [-0.4, -0.2) is 60.2 Å². The minimum atomic E-state index is 0.412. The number of halogens is 1. The number of piperazine rings is 1. The fourth-order valence-electron chi connectivity index (χ4n) is 3.15. The Morgan fingerprint density at radius 3 is 2.37 bits per heavy atom. The highest BCUT2D eigenvalue weighted by Crippen LogP contribution is 2.26. The van der Waals surface area contributed by atoms with E-state index in [2.05, 4.69) is 48.5 Å². The van der Waals surface area contributed by atoms with Crippen LogP contribution in [0.3, 0.4) is 0 Å². The van der Waals surface area contributed by atoms with Crippen LogP contribution in [0.1, 0.15) is 0 Å². The first-order valence-corrected chi connectivity index (χ1v) is 10.1. The molecule has 9 heteroatoms. The number of likely N-dealkylation sites (N-methyl/N-ethyl adjacent to an activating group) is 1. The van der Waals surface area contributed by atoms with Crippen LogP contribution in [0.15, 0.2) is 48.8 Å². The third-order valence-electron chi connectivity index (χ3n) is 4.95. The van der Waals surface area contributed by atoms with Crippen LogP contribution < -0.4 is 20.3 Å². The van der Waals surface area contributed by atoms with Crippen molar-refractivity contribution in [1.29, 1.82) is 0 Å². The van der Waals surface area contributed by atoms with Crippen molar-refractivity contribution in [3.63, 3.8) is 0 Å². The summed E-state index contributed by atoms with van der Waals surface area (Å²) < 4.78 is 5.18. The van der Waals surface area contributed by atoms with Crippen molar-refractivity contribution in [1.82, 2.24) is 19.9 Å². The molecule has 0 saturated carbocycles. The van der Waals surface area contributed by atoms with E-state index in [1.165, 1.54) is 0 Å². The molecule has 4 rings (SSSR count). The van der Waals surface area contributed by atoms with Crippen molar-refractivity contribution in [2.45, 2.75) is 0 Å². The van der Waals surface area contributed by atoms with Gasteiger partial charge in [0.2, 0.25) is 5.95 Å². The highest BCUT2D eigenvalue weighted by molar-refractivity contribution is 6.32. The van der Waals surface area contributed by atoms with E-state index in [0.717, 1.165) is 43.3 Å². The van der Waals surface area contributed by atoms with Crippen LogP contribution in [0.5, 0.6) is 5.75 Å². The molecule has 156 valence electrons. The number of anilines is 5. The molecule has 2 aromatic heterocycles. The summed E-state index contributed by atoms with van der Waals surface area (Å²) in [4.78, 5) is 17.9. The maximum Gasteiger partial charge on any atom is 0.230 e. The summed E-state index contributed by atoms with van der Waals surface area (Å²) in [6.07, 6.45) is 3.43. The van der Waals surface area contributed by atoms with E-state index < -0.39 is 0 Å². The zero-order valence-electron chi connectivity index (χ0n) is 17.0. The molecule has 2 N–H and O–H groups in total. The van der Waals surface area contributed by atoms with Gasteiger partial charge in [-0.2, -0.15) is 4.98 Å². The summed E-state index contributed by atoms with van der Waals surface area (Å²) >= 11 is 6.26. The van der Waals surface area contributed by atoms with E-state index >= 15 is 0 Å². The second-order valence-electron chi connectivity index (χ2n) is 7.06. The first-order chi connectivity index (χ1) is 14.6. The number of nitrogens with one attached hydrogen (secondary N) is 2. The molecule has 8 nitrogen and oxygen atoms in total. The second-order valence-corrected chi connectivity index (χ2v) is 7.47. The van der Waals surface area contributed by atoms with Crippen LogP contribution in [0, 0.1) is 0 Å². The molecule has 1 aromatic carbocycles. The molecule has 1 saturated heterocycles. The molecule has 0 aliphatic carbocycles. The molecule has 3 aromatic rings. The Kier molecular flexibility index (Phi) is 6.15. The van der Waals surface area contributed by atoms with Gasteiger partial charge in [-0.1, -0.05) is 11.6 Å². The van der Waals surface area contributed by atoms with Gasteiger partial charge in [0.1, 0.15) is 16.6 Å². The zero-order valence-corrected chi connectivity index (χ0v) is 17.7. The first kappa shape index (κ1) is 20.2. The van der Waals surface area contributed by atoms with Gasteiger partial charge < -0.3 is 25.2 Å². The molecule has 30 heavy (non-hydrogen) atoms. The van der Waals surface area contributed by atoms with Crippen molar-refractivity contribution in [2.24, 2.45) is 0 Å². The third-order valence-corrected chi connectivity index (χ3v) is 5.23. The highest BCUT2D eigenvalue weighted by Gasteiger charge is 2.14. The lowest BCUT2D eigenvalue weighted by Crippen LogP contribution is -2.44. The lowest BCUT2D eigenvalue weighted by Gasteiger charge is -2.33. The Hall–Kier alpha value is -3.10. The summed E-state index contributed by atoms with van der Waals surface area (Å²) in [5.41, 5.74) is 1.96. The first-order valence-electron chi connectivity index (χ1n) is 9.71. The molecule has 0 bridgehead atoms. The molecule has 0 atom stereocenters. The topological polar surface area (TPSA) is 78.4 Å². The Bertz CT molecular complexity index is 974. The highest BCUT2D eigenvalue weighted by atomic mass is 35.5. The zero-order chi connectivity index (χ0) is 20.9. The van der Waals surface area contributed by atoms with Crippen molar-refractivity contribution >= 4 is 40.6 Å². The SMILES string of the molecule is COc1ccc(Nc2nc(Nc3ccc(N4CCN(C)CC4)cn3)ncc2Cl)cc1. The van der Waals surface area contributed by atoms with Crippen LogP contribution >= 0.6 is 11.6 Å². The fourth-order valence-corrected chi connectivity index (χ4v) is 3.29. The summed E-state index contributed by atoms with van der Waals surface area (Å²) in [6, 6.07) is 11.5. The van der Waals surface area contributed by atoms with Gasteiger partial charge in [-0.3, -0.25) is 0 Å². The monoisotopic (exact) mass is 425 g/mol. The minimum absolute atomic E-state index is 0.412. The largest absolute Gasteiger partial charge is 0.497 e. The molecule has 0 radical (unpaired) electrons. The number of aromatic nitrogens is 3. The van der Waals surface area contributed by atoms with Crippen molar-refractivity contribution < 1.29 is 4.74 Å². The molecular formula is C21H24ClN7O. The lowest BCUT2D eigenvalue weighted by atomic mass is 10.3. The average molecular weight is 426 g/mol. The number of benzene rings is 1. The van der Waals surface area contributed by atoms with E-state index in [9.17, 15) is 0 Å². The summed E-state index contributed by atoms with van der Waals surface area (Å²) in [6.45, 7) is 4.13. The quantitative estimate of drug-likeness (QED) is 0.617. The maximum atomic E-state index is 6.26. The van der Waals surface area contributed by atoms with Crippen molar-refractivity contribution in [2.75, 3.05) is 55.9 Å². The normalized spacial score (nSPS) is 14.4. The van der Waals surface area contributed by atoms with Crippen molar-refractivity contribution in [3.8, 4) is 5.75 Å².